The lowest BCUT2D eigenvalue weighted by Crippen LogP contribution is -2.43. The van der Waals surface area contributed by atoms with Crippen LogP contribution in [0.5, 0.6) is 0 Å². The number of nitrogens with one attached hydrogen (secondary N) is 1. The topological polar surface area (TPSA) is 63.1 Å². The number of carbonyl (C=O) groups excluding carboxylic acids is 1. The Hall–Kier alpha value is -2.90. The van der Waals surface area contributed by atoms with E-state index in [1.807, 2.05) is 35.9 Å². The van der Waals surface area contributed by atoms with Crippen molar-refractivity contribution in [3.63, 3.8) is 0 Å². The fourth-order valence-corrected chi connectivity index (χ4v) is 5.56. The Morgan fingerprint density at radius 1 is 1.15 bits per heavy atom. The Labute approximate surface area is 208 Å². The number of amides is 1. The van der Waals surface area contributed by atoms with Gasteiger partial charge in [-0.05, 0) is 61.6 Å². The van der Waals surface area contributed by atoms with E-state index < -0.39 is 0 Å². The van der Waals surface area contributed by atoms with Crippen LogP contribution in [0.4, 0.5) is 5.13 Å². The highest BCUT2D eigenvalue weighted by Crippen LogP contribution is 2.34. The molecule has 0 aliphatic carbocycles. The maximum Gasteiger partial charge on any atom is 0.225 e. The zero-order valence-electron chi connectivity index (χ0n) is 19.4. The van der Waals surface area contributed by atoms with Gasteiger partial charge in [0.15, 0.2) is 10.8 Å². The summed E-state index contributed by atoms with van der Waals surface area (Å²) in [6.45, 7) is 6.31. The standard InChI is InChI=1S/C26H28ClN5OS/c1-3-18-6-8-19(9-7-18)15-28-25(33)20-5-4-14-31(16-20)26-29-24-23(34-26)17(2)30-32(24)22-12-10-21(27)11-13-22/h6-13,20H,3-5,14-16H2,1-2H3,(H,28,33)/t20-/m0/s1. The van der Waals surface area contributed by atoms with Crippen molar-refractivity contribution in [2.45, 2.75) is 39.7 Å². The highest BCUT2D eigenvalue weighted by atomic mass is 35.5. The Morgan fingerprint density at radius 3 is 2.62 bits per heavy atom. The minimum Gasteiger partial charge on any atom is -0.352 e. The molecule has 1 atom stereocenters. The average molecular weight is 494 g/mol. The van der Waals surface area contributed by atoms with Crippen molar-refractivity contribution in [2.75, 3.05) is 18.0 Å². The van der Waals surface area contributed by atoms with Crippen molar-refractivity contribution >= 4 is 44.3 Å². The number of piperidine rings is 1. The number of rotatable bonds is 6. The zero-order valence-corrected chi connectivity index (χ0v) is 21.0. The SMILES string of the molecule is CCc1ccc(CNC(=O)[C@H]2CCCN(c3nc4c(s3)c(C)nn4-c3ccc(Cl)cc3)C2)cc1. The molecule has 1 amide bonds. The van der Waals surface area contributed by atoms with Crippen LogP contribution in [0.2, 0.25) is 5.02 Å². The highest BCUT2D eigenvalue weighted by Gasteiger charge is 2.28. The summed E-state index contributed by atoms with van der Waals surface area (Å²) in [5.74, 6) is 0.0819. The molecule has 8 heteroatoms. The summed E-state index contributed by atoms with van der Waals surface area (Å²) in [7, 11) is 0. The lowest BCUT2D eigenvalue weighted by molar-refractivity contribution is -0.125. The predicted octanol–water partition coefficient (Wildman–Crippen LogP) is 5.54. The molecule has 176 valence electrons. The molecule has 2 aromatic carbocycles. The van der Waals surface area contributed by atoms with Crippen molar-refractivity contribution in [2.24, 2.45) is 5.92 Å². The summed E-state index contributed by atoms with van der Waals surface area (Å²) < 4.78 is 2.95. The van der Waals surface area contributed by atoms with E-state index in [-0.39, 0.29) is 11.8 Å². The zero-order chi connectivity index (χ0) is 23.7. The van der Waals surface area contributed by atoms with Gasteiger partial charge in [0.25, 0.3) is 0 Å². The number of carbonyl (C=O) groups is 1. The second-order valence-corrected chi connectivity index (χ2v) is 10.2. The molecule has 4 aromatic rings. The van der Waals surface area contributed by atoms with Crippen LogP contribution in [0, 0.1) is 12.8 Å². The molecule has 1 aliphatic rings. The lowest BCUT2D eigenvalue weighted by Gasteiger charge is -2.31. The Bertz CT molecular complexity index is 1300. The summed E-state index contributed by atoms with van der Waals surface area (Å²) in [6, 6.07) is 16.1. The van der Waals surface area contributed by atoms with E-state index in [1.54, 1.807) is 11.3 Å². The maximum absolute atomic E-state index is 12.9. The number of halogens is 1. The monoisotopic (exact) mass is 493 g/mol. The number of anilines is 1. The third-order valence-corrected chi connectivity index (χ3v) is 7.88. The molecular weight excluding hydrogens is 466 g/mol. The molecule has 0 bridgehead atoms. The van der Waals surface area contributed by atoms with Gasteiger partial charge < -0.3 is 10.2 Å². The molecule has 1 N–H and O–H groups in total. The van der Waals surface area contributed by atoms with E-state index in [0.717, 1.165) is 58.2 Å². The molecule has 3 heterocycles. The molecule has 1 aliphatic heterocycles. The molecule has 2 aromatic heterocycles. The number of thiazole rings is 1. The van der Waals surface area contributed by atoms with E-state index >= 15 is 0 Å². The molecule has 6 nitrogen and oxygen atoms in total. The van der Waals surface area contributed by atoms with E-state index in [0.29, 0.717) is 18.1 Å². The van der Waals surface area contributed by atoms with Crippen molar-refractivity contribution in [1.82, 2.24) is 20.1 Å². The Balaban J connectivity index is 1.29. The molecule has 0 radical (unpaired) electrons. The van der Waals surface area contributed by atoms with Crippen molar-refractivity contribution in [3.05, 3.63) is 70.4 Å². The molecule has 0 spiro atoms. The first-order chi connectivity index (χ1) is 16.5. The first-order valence-corrected chi connectivity index (χ1v) is 12.9. The summed E-state index contributed by atoms with van der Waals surface area (Å²) in [5.41, 5.74) is 5.17. The van der Waals surface area contributed by atoms with Gasteiger partial charge in [0.05, 0.1) is 22.0 Å². The molecular formula is C26H28ClN5OS. The highest BCUT2D eigenvalue weighted by molar-refractivity contribution is 7.22. The normalized spacial score (nSPS) is 16.2. The van der Waals surface area contributed by atoms with E-state index in [9.17, 15) is 4.79 Å². The Morgan fingerprint density at radius 2 is 1.88 bits per heavy atom. The molecule has 34 heavy (non-hydrogen) atoms. The van der Waals surface area contributed by atoms with Gasteiger partial charge in [0.1, 0.15) is 0 Å². The van der Waals surface area contributed by atoms with Gasteiger partial charge in [-0.25, -0.2) is 4.68 Å². The molecule has 5 rings (SSSR count). The van der Waals surface area contributed by atoms with Crippen LogP contribution in [0.15, 0.2) is 48.5 Å². The fourth-order valence-electron chi connectivity index (χ4n) is 4.41. The van der Waals surface area contributed by atoms with Gasteiger partial charge in [-0.15, -0.1) is 0 Å². The van der Waals surface area contributed by atoms with E-state index in [2.05, 4.69) is 46.5 Å². The number of aromatic nitrogens is 3. The average Bonchev–Trinajstić information content (AvgIpc) is 3.44. The van der Waals surface area contributed by atoms with Crippen LogP contribution < -0.4 is 10.2 Å². The summed E-state index contributed by atoms with van der Waals surface area (Å²) >= 11 is 7.70. The third-order valence-electron chi connectivity index (χ3n) is 6.41. The van der Waals surface area contributed by atoms with Crippen LogP contribution >= 0.6 is 22.9 Å². The first kappa shape index (κ1) is 22.9. The fraction of sp³-hybridized carbons (Fsp3) is 0.346. The lowest BCUT2D eigenvalue weighted by atomic mass is 9.97. The smallest absolute Gasteiger partial charge is 0.225 e. The predicted molar refractivity (Wildman–Crippen MR) is 139 cm³/mol. The maximum atomic E-state index is 12.9. The number of nitrogens with zero attached hydrogens (tertiary/aromatic N) is 4. The van der Waals surface area contributed by atoms with Gasteiger partial charge in [-0.1, -0.05) is 54.1 Å². The van der Waals surface area contributed by atoms with E-state index in [4.69, 9.17) is 16.6 Å². The molecule has 0 saturated carbocycles. The molecule has 0 unspecified atom stereocenters. The summed E-state index contributed by atoms with van der Waals surface area (Å²) in [5, 5.41) is 9.46. The summed E-state index contributed by atoms with van der Waals surface area (Å²) in [6.07, 6.45) is 2.90. The van der Waals surface area contributed by atoms with Gasteiger partial charge in [-0.2, -0.15) is 10.1 Å². The number of aryl methyl sites for hydroxylation is 2. The van der Waals surface area contributed by atoms with Crippen LogP contribution in [0.3, 0.4) is 0 Å². The number of hydrogen-bond donors (Lipinski definition) is 1. The van der Waals surface area contributed by atoms with Crippen LogP contribution in [0.1, 0.15) is 36.6 Å². The minimum absolute atomic E-state index is 0.0375. The molecule has 1 fully saturated rings. The summed E-state index contributed by atoms with van der Waals surface area (Å²) in [4.78, 5) is 20.1. The van der Waals surface area contributed by atoms with Gasteiger partial charge in [0, 0.05) is 24.7 Å². The number of fused-ring (bicyclic) bond motifs is 1. The number of benzene rings is 2. The molecule has 1 saturated heterocycles. The second-order valence-electron chi connectivity index (χ2n) is 8.80. The van der Waals surface area contributed by atoms with Gasteiger partial charge >= 0.3 is 0 Å². The third kappa shape index (κ3) is 4.68. The van der Waals surface area contributed by atoms with Gasteiger partial charge in [0.2, 0.25) is 5.91 Å². The second kappa shape index (κ2) is 9.76. The largest absolute Gasteiger partial charge is 0.352 e. The quantitative estimate of drug-likeness (QED) is 0.383. The van der Waals surface area contributed by atoms with Gasteiger partial charge in [-0.3, -0.25) is 4.79 Å². The van der Waals surface area contributed by atoms with Crippen molar-refractivity contribution < 1.29 is 4.79 Å². The van der Waals surface area contributed by atoms with E-state index in [1.165, 1.54) is 5.56 Å². The first-order valence-electron chi connectivity index (χ1n) is 11.7. The number of hydrogen-bond acceptors (Lipinski definition) is 5. The van der Waals surface area contributed by atoms with Crippen LogP contribution in [0.25, 0.3) is 16.0 Å². The van der Waals surface area contributed by atoms with Crippen LogP contribution in [-0.4, -0.2) is 33.8 Å². The van der Waals surface area contributed by atoms with Crippen molar-refractivity contribution in [3.8, 4) is 5.69 Å². The Kier molecular flexibility index (Phi) is 6.57. The minimum atomic E-state index is -0.0375. The van der Waals surface area contributed by atoms with Crippen LogP contribution in [-0.2, 0) is 17.8 Å². The van der Waals surface area contributed by atoms with Crippen molar-refractivity contribution in [1.29, 1.82) is 0 Å².